The van der Waals surface area contributed by atoms with E-state index in [1.165, 1.54) is 42.3 Å². The zero-order valence-electron chi connectivity index (χ0n) is 25.0. The second-order valence-corrected chi connectivity index (χ2v) is 12.8. The molecule has 0 aliphatic heterocycles. The summed E-state index contributed by atoms with van der Waals surface area (Å²) in [5, 5.41) is 3.12. The molecule has 3 aromatic carbocycles. The number of halogens is 1. The first kappa shape index (κ1) is 32.0. The number of hydrogen-bond donors (Lipinski definition) is 1. The molecule has 2 amide bonds. The molecule has 0 saturated heterocycles. The van der Waals surface area contributed by atoms with Crippen LogP contribution in [0.1, 0.15) is 56.6 Å². The van der Waals surface area contributed by atoms with Crippen molar-refractivity contribution in [2.45, 2.75) is 75.9 Å². The van der Waals surface area contributed by atoms with Gasteiger partial charge in [-0.25, -0.2) is 12.8 Å². The molecule has 4 rings (SSSR count). The monoisotopic (exact) mass is 609 g/mol. The van der Waals surface area contributed by atoms with Crippen molar-refractivity contribution in [1.82, 2.24) is 10.2 Å². The van der Waals surface area contributed by atoms with E-state index >= 15 is 4.39 Å². The highest BCUT2D eigenvalue weighted by molar-refractivity contribution is 7.92. The van der Waals surface area contributed by atoms with E-state index in [0.717, 1.165) is 48.0 Å². The average molecular weight is 610 g/mol. The standard InChI is InChI=1S/C33H40FN3O5S/c1-4-30(33(39)35-26-12-6-5-7-13-26)36(22-25-11-10-14-27(21-25)42-3)32(38)23-37(31-16-9-8-15-29(31)34)43(40,41)28-19-17-24(2)18-20-28/h8-11,14-21,26,30H,4-7,12-13,22-23H2,1-3H3,(H,35,39)/t30-/m0/s1. The highest BCUT2D eigenvalue weighted by Gasteiger charge is 2.35. The molecule has 1 saturated carbocycles. The van der Waals surface area contributed by atoms with Gasteiger partial charge in [-0.15, -0.1) is 0 Å². The first-order valence-electron chi connectivity index (χ1n) is 14.7. The van der Waals surface area contributed by atoms with Gasteiger partial charge in [-0.1, -0.05) is 68.1 Å². The fourth-order valence-corrected chi connectivity index (χ4v) is 6.86. The zero-order chi connectivity index (χ0) is 31.0. The summed E-state index contributed by atoms with van der Waals surface area (Å²) in [7, 11) is -2.82. The smallest absolute Gasteiger partial charge is 0.264 e. The molecule has 0 spiro atoms. The van der Waals surface area contributed by atoms with E-state index in [1.54, 1.807) is 30.3 Å². The normalized spacial score (nSPS) is 14.5. The van der Waals surface area contributed by atoms with Crippen molar-refractivity contribution >= 4 is 27.5 Å². The quantitative estimate of drug-likeness (QED) is 0.289. The molecular weight excluding hydrogens is 569 g/mol. The third-order valence-corrected chi connectivity index (χ3v) is 9.61. The van der Waals surface area contributed by atoms with Gasteiger partial charge in [0.05, 0.1) is 17.7 Å². The van der Waals surface area contributed by atoms with Gasteiger partial charge >= 0.3 is 0 Å². The van der Waals surface area contributed by atoms with E-state index in [2.05, 4.69) is 5.32 Å². The summed E-state index contributed by atoms with van der Waals surface area (Å²) >= 11 is 0. The summed E-state index contributed by atoms with van der Waals surface area (Å²) in [6, 6.07) is 17.9. The number of para-hydroxylation sites is 1. The molecule has 0 heterocycles. The average Bonchev–Trinajstić information content (AvgIpc) is 3.01. The lowest BCUT2D eigenvalue weighted by molar-refractivity contribution is -0.140. The summed E-state index contributed by atoms with van der Waals surface area (Å²) in [6.45, 7) is 2.97. The second kappa shape index (κ2) is 14.5. The van der Waals surface area contributed by atoms with Gasteiger partial charge in [-0.05, 0) is 68.1 Å². The van der Waals surface area contributed by atoms with E-state index in [9.17, 15) is 18.0 Å². The second-order valence-electron chi connectivity index (χ2n) is 10.9. The maximum absolute atomic E-state index is 15.1. The molecule has 1 N–H and O–H groups in total. The lowest BCUT2D eigenvalue weighted by Crippen LogP contribution is -2.54. The van der Waals surface area contributed by atoms with Crippen LogP contribution in [0, 0.1) is 12.7 Å². The first-order chi connectivity index (χ1) is 20.6. The van der Waals surface area contributed by atoms with Crippen molar-refractivity contribution in [3.8, 4) is 5.75 Å². The van der Waals surface area contributed by atoms with Crippen LogP contribution in [0.2, 0.25) is 0 Å². The van der Waals surface area contributed by atoms with Crippen LogP contribution < -0.4 is 14.4 Å². The van der Waals surface area contributed by atoms with Crippen LogP contribution in [0.3, 0.4) is 0 Å². The minimum Gasteiger partial charge on any atom is -0.497 e. The minimum absolute atomic E-state index is 0.0286. The number of aryl methyl sites for hydroxylation is 1. The molecule has 0 radical (unpaired) electrons. The molecule has 1 atom stereocenters. The third kappa shape index (κ3) is 7.93. The SMILES string of the molecule is CC[C@@H](C(=O)NC1CCCCC1)N(Cc1cccc(OC)c1)C(=O)CN(c1ccccc1F)S(=O)(=O)c1ccc(C)cc1. The number of nitrogens with zero attached hydrogens (tertiary/aromatic N) is 2. The van der Waals surface area contributed by atoms with Crippen molar-refractivity contribution in [1.29, 1.82) is 0 Å². The van der Waals surface area contributed by atoms with Crippen LogP contribution in [-0.4, -0.2) is 50.9 Å². The minimum atomic E-state index is -4.36. The summed E-state index contributed by atoms with van der Waals surface area (Å²) in [6.07, 6.45) is 5.25. The molecule has 1 fully saturated rings. The number of carbonyl (C=O) groups excluding carboxylic acids is 2. The summed E-state index contributed by atoms with van der Waals surface area (Å²) in [4.78, 5) is 29.2. The number of benzene rings is 3. The number of sulfonamides is 1. The van der Waals surface area contributed by atoms with Crippen LogP contribution in [-0.2, 0) is 26.2 Å². The Balaban J connectivity index is 1.72. The fourth-order valence-electron chi connectivity index (χ4n) is 5.44. The molecule has 3 aromatic rings. The van der Waals surface area contributed by atoms with Gasteiger partial charge in [0.15, 0.2) is 0 Å². The largest absolute Gasteiger partial charge is 0.497 e. The van der Waals surface area contributed by atoms with Gasteiger partial charge < -0.3 is 15.0 Å². The van der Waals surface area contributed by atoms with Crippen molar-refractivity contribution in [3.05, 3.63) is 89.7 Å². The lowest BCUT2D eigenvalue weighted by atomic mass is 9.95. The van der Waals surface area contributed by atoms with Gasteiger partial charge in [0.1, 0.15) is 24.2 Å². The maximum atomic E-state index is 15.1. The van der Waals surface area contributed by atoms with Crippen LogP contribution in [0.15, 0.2) is 77.7 Å². The molecule has 0 aromatic heterocycles. The predicted octanol–water partition coefficient (Wildman–Crippen LogP) is 5.59. The number of hydrogen-bond acceptors (Lipinski definition) is 5. The molecule has 0 bridgehead atoms. The molecule has 230 valence electrons. The topological polar surface area (TPSA) is 96.0 Å². The molecule has 0 unspecified atom stereocenters. The fraction of sp³-hybridized carbons (Fsp3) is 0.394. The molecule has 43 heavy (non-hydrogen) atoms. The van der Waals surface area contributed by atoms with E-state index < -0.39 is 34.3 Å². The molecule has 10 heteroatoms. The number of anilines is 1. The zero-order valence-corrected chi connectivity index (χ0v) is 25.8. The number of rotatable bonds is 12. The van der Waals surface area contributed by atoms with Gasteiger partial charge in [-0.3, -0.25) is 13.9 Å². The highest BCUT2D eigenvalue weighted by Crippen LogP contribution is 2.28. The number of ether oxygens (including phenoxy) is 1. The van der Waals surface area contributed by atoms with Crippen molar-refractivity contribution in [2.75, 3.05) is 18.0 Å². The predicted molar refractivity (Wildman–Crippen MR) is 165 cm³/mol. The Hall–Kier alpha value is -3.92. The molecule has 1 aliphatic rings. The van der Waals surface area contributed by atoms with E-state index in [1.807, 2.05) is 19.9 Å². The lowest BCUT2D eigenvalue weighted by Gasteiger charge is -2.34. The van der Waals surface area contributed by atoms with Gasteiger partial charge in [0, 0.05) is 12.6 Å². The van der Waals surface area contributed by atoms with Crippen molar-refractivity contribution in [2.24, 2.45) is 0 Å². The Morgan fingerprint density at radius 1 is 1.00 bits per heavy atom. The van der Waals surface area contributed by atoms with Crippen molar-refractivity contribution < 1.29 is 27.1 Å². The van der Waals surface area contributed by atoms with Crippen LogP contribution in [0.4, 0.5) is 10.1 Å². The van der Waals surface area contributed by atoms with Crippen LogP contribution in [0.25, 0.3) is 0 Å². The number of amides is 2. The molecular formula is C33H40FN3O5S. The molecule has 8 nitrogen and oxygen atoms in total. The van der Waals surface area contributed by atoms with Gasteiger partial charge in [-0.2, -0.15) is 0 Å². The highest BCUT2D eigenvalue weighted by atomic mass is 32.2. The summed E-state index contributed by atoms with van der Waals surface area (Å²) in [5.74, 6) is -1.12. The van der Waals surface area contributed by atoms with Gasteiger partial charge in [0.2, 0.25) is 11.8 Å². The Labute approximate surface area is 253 Å². The molecule has 1 aliphatic carbocycles. The summed E-state index contributed by atoms with van der Waals surface area (Å²) < 4.78 is 49.1. The van der Waals surface area contributed by atoms with Crippen LogP contribution >= 0.6 is 0 Å². The Morgan fingerprint density at radius 2 is 1.70 bits per heavy atom. The Morgan fingerprint density at radius 3 is 2.35 bits per heavy atom. The Kier molecular flexibility index (Phi) is 10.8. The maximum Gasteiger partial charge on any atom is 0.264 e. The van der Waals surface area contributed by atoms with Crippen LogP contribution in [0.5, 0.6) is 5.75 Å². The Bertz CT molecular complexity index is 1510. The number of nitrogens with one attached hydrogen (secondary N) is 1. The summed E-state index contributed by atoms with van der Waals surface area (Å²) in [5.41, 5.74) is 1.31. The van der Waals surface area contributed by atoms with E-state index in [4.69, 9.17) is 4.74 Å². The van der Waals surface area contributed by atoms with E-state index in [-0.39, 0.29) is 29.1 Å². The van der Waals surface area contributed by atoms with Crippen molar-refractivity contribution in [3.63, 3.8) is 0 Å². The third-order valence-electron chi connectivity index (χ3n) is 7.83. The number of carbonyl (C=O) groups is 2. The first-order valence-corrected chi connectivity index (χ1v) is 16.1. The number of methoxy groups -OCH3 is 1. The van der Waals surface area contributed by atoms with Gasteiger partial charge in [0.25, 0.3) is 10.0 Å². The van der Waals surface area contributed by atoms with E-state index in [0.29, 0.717) is 17.7 Å².